The van der Waals surface area contributed by atoms with Crippen LogP contribution >= 0.6 is 0 Å². The van der Waals surface area contributed by atoms with Crippen molar-refractivity contribution < 1.29 is 19.4 Å². The number of rotatable bonds is 1. The summed E-state index contributed by atoms with van der Waals surface area (Å²) in [5, 5.41) is 9.54. The van der Waals surface area contributed by atoms with Crippen molar-refractivity contribution in [1.82, 2.24) is 0 Å². The highest BCUT2D eigenvalue weighted by Crippen LogP contribution is 2.44. The summed E-state index contributed by atoms with van der Waals surface area (Å²) in [5.74, 6) is -0.809. The predicted molar refractivity (Wildman–Crippen MR) is 97.5 cm³/mol. The van der Waals surface area contributed by atoms with E-state index in [0.29, 0.717) is 18.6 Å². The minimum absolute atomic E-state index is 0.0834. The van der Waals surface area contributed by atoms with Crippen molar-refractivity contribution in [1.29, 1.82) is 0 Å². The van der Waals surface area contributed by atoms with Crippen molar-refractivity contribution >= 4 is 5.97 Å². The lowest BCUT2D eigenvalue weighted by atomic mass is 9.86. The summed E-state index contributed by atoms with van der Waals surface area (Å²) >= 11 is 0. The number of fused-ring (bicyclic) bond motifs is 2. The summed E-state index contributed by atoms with van der Waals surface area (Å²) in [5.41, 5.74) is 3.81. The van der Waals surface area contributed by atoms with Crippen LogP contribution in [0, 0.1) is 0 Å². The average molecular weight is 346 g/mol. The molecular weight excluding hydrogens is 316 g/mol. The molecule has 0 aromatic carbocycles. The number of carbonyl (C=O) groups is 1. The molecule has 25 heavy (non-hydrogen) atoms. The molecule has 3 rings (SSSR count). The van der Waals surface area contributed by atoms with Gasteiger partial charge in [-0.3, -0.25) is 0 Å². The van der Waals surface area contributed by atoms with Gasteiger partial charge in [-0.05, 0) is 77.4 Å². The fraction of sp³-hybridized carbons (Fsp3) is 0.667. The molecule has 4 heteroatoms. The lowest BCUT2D eigenvalue weighted by Crippen LogP contribution is -2.25. The molecular formula is C21H30O4. The first-order chi connectivity index (χ1) is 11.7. The number of allylic oxidation sites excluding steroid dienone is 2. The van der Waals surface area contributed by atoms with Gasteiger partial charge in [0.15, 0.2) is 0 Å². The zero-order valence-electron chi connectivity index (χ0n) is 15.9. The molecule has 4 nitrogen and oxygen atoms in total. The Labute approximate surface area is 150 Å². The fourth-order valence-corrected chi connectivity index (χ4v) is 4.31. The van der Waals surface area contributed by atoms with Crippen molar-refractivity contribution in [2.75, 3.05) is 6.61 Å². The first-order valence-corrected chi connectivity index (χ1v) is 9.35. The second-order valence-electron chi connectivity index (χ2n) is 8.18. The number of epoxide rings is 1. The largest absolute Gasteiger partial charge is 0.478 e. The Kier molecular flexibility index (Phi) is 4.95. The maximum atomic E-state index is 11.6. The van der Waals surface area contributed by atoms with Crippen LogP contribution in [0.1, 0.15) is 66.2 Å². The second-order valence-corrected chi connectivity index (χ2v) is 8.18. The Morgan fingerprint density at radius 3 is 2.72 bits per heavy atom. The third-order valence-electron chi connectivity index (χ3n) is 6.01. The van der Waals surface area contributed by atoms with Gasteiger partial charge in [0, 0.05) is 5.57 Å². The molecule has 3 atom stereocenters. The number of aliphatic carboxylic acids is 1. The summed E-state index contributed by atoms with van der Waals surface area (Å²) in [6.45, 7) is 9.14. The van der Waals surface area contributed by atoms with Crippen molar-refractivity contribution in [2.45, 2.75) is 83.5 Å². The highest BCUT2D eigenvalue weighted by molar-refractivity contribution is 5.86. The van der Waals surface area contributed by atoms with Crippen LogP contribution in [0.25, 0.3) is 0 Å². The van der Waals surface area contributed by atoms with Crippen LogP contribution in [0.2, 0.25) is 0 Å². The highest BCUT2D eigenvalue weighted by atomic mass is 16.6. The van der Waals surface area contributed by atoms with Crippen LogP contribution in [0.4, 0.5) is 0 Å². The van der Waals surface area contributed by atoms with Crippen molar-refractivity contribution in [3.8, 4) is 0 Å². The smallest absolute Gasteiger partial charge is 0.331 e. The Hall–Kier alpha value is -1.39. The molecule has 1 aliphatic carbocycles. The van der Waals surface area contributed by atoms with Gasteiger partial charge in [-0.25, -0.2) is 4.79 Å². The van der Waals surface area contributed by atoms with E-state index in [4.69, 9.17) is 9.47 Å². The van der Waals surface area contributed by atoms with E-state index in [0.717, 1.165) is 32.1 Å². The van der Waals surface area contributed by atoms with Gasteiger partial charge >= 0.3 is 5.97 Å². The number of carboxylic acids is 1. The maximum absolute atomic E-state index is 11.6. The average Bonchev–Trinajstić information content (AvgIpc) is 3.09. The SMILES string of the molecule is CC1=C2CC/C(C(=O)O)=C\CC[C@]3(C)O[C@H]3CC/C(C)=C/[C@]2(C)OC1. The van der Waals surface area contributed by atoms with Crippen LogP contribution in [0.3, 0.4) is 0 Å². The van der Waals surface area contributed by atoms with Crippen LogP contribution in [-0.4, -0.2) is 35.0 Å². The molecule has 138 valence electrons. The second kappa shape index (κ2) is 6.73. The quantitative estimate of drug-likeness (QED) is 0.558. The number of ether oxygens (including phenoxy) is 2. The van der Waals surface area contributed by atoms with Gasteiger partial charge in [0.05, 0.1) is 18.3 Å². The van der Waals surface area contributed by atoms with Crippen LogP contribution in [0.15, 0.2) is 34.4 Å². The Morgan fingerprint density at radius 1 is 1.24 bits per heavy atom. The maximum Gasteiger partial charge on any atom is 0.331 e. The van der Waals surface area contributed by atoms with Crippen molar-refractivity contribution in [3.05, 3.63) is 34.4 Å². The summed E-state index contributed by atoms with van der Waals surface area (Å²) in [6, 6.07) is 0. The van der Waals surface area contributed by atoms with E-state index in [-0.39, 0.29) is 11.7 Å². The summed E-state index contributed by atoms with van der Waals surface area (Å²) < 4.78 is 12.0. The molecule has 2 aliphatic heterocycles. The molecule has 0 bridgehead atoms. The zero-order valence-corrected chi connectivity index (χ0v) is 15.9. The van der Waals surface area contributed by atoms with E-state index < -0.39 is 11.6 Å². The standard InChI is InChI=1S/C21H30O4/c1-14-7-10-18-20(3,25-18)11-5-6-16(19(22)23)8-9-17-15(2)13-24-21(17,4)12-14/h6,12,18H,5,7-11,13H2,1-4H3,(H,22,23)/b14-12+,16-6+/t18-,20-,21-/m0/s1. The van der Waals surface area contributed by atoms with Gasteiger partial charge in [0.25, 0.3) is 0 Å². The van der Waals surface area contributed by atoms with E-state index in [2.05, 4.69) is 33.8 Å². The van der Waals surface area contributed by atoms with Gasteiger partial charge < -0.3 is 14.6 Å². The number of hydrogen-bond donors (Lipinski definition) is 1. The van der Waals surface area contributed by atoms with Crippen LogP contribution in [0.5, 0.6) is 0 Å². The first kappa shape index (κ1) is 18.4. The van der Waals surface area contributed by atoms with Gasteiger partial charge in [0.1, 0.15) is 5.60 Å². The van der Waals surface area contributed by atoms with Crippen LogP contribution in [-0.2, 0) is 14.3 Å². The molecule has 2 heterocycles. The lowest BCUT2D eigenvalue weighted by Gasteiger charge is -2.25. The normalized spacial score (nSPS) is 40.9. The molecule has 0 unspecified atom stereocenters. The van der Waals surface area contributed by atoms with E-state index in [1.165, 1.54) is 16.7 Å². The monoisotopic (exact) mass is 346 g/mol. The molecule has 0 aromatic rings. The molecule has 0 spiro atoms. The molecule has 1 saturated heterocycles. The Bertz CT molecular complexity index is 657. The minimum Gasteiger partial charge on any atom is -0.478 e. The summed E-state index contributed by atoms with van der Waals surface area (Å²) in [4.78, 5) is 11.6. The topological polar surface area (TPSA) is 59.1 Å². The fourth-order valence-electron chi connectivity index (χ4n) is 4.31. The molecule has 0 radical (unpaired) electrons. The summed E-state index contributed by atoms with van der Waals surface area (Å²) in [7, 11) is 0. The van der Waals surface area contributed by atoms with E-state index >= 15 is 0 Å². The molecule has 1 N–H and O–H groups in total. The molecule has 0 amide bonds. The number of hydrogen-bond acceptors (Lipinski definition) is 3. The van der Waals surface area contributed by atoms with E-state index in [9.17, 15) is 9.90 Å². The molecule has 0 saturated carbocycles. The summed E-state index contributed by atoms with van der Waals surface area (Å²) in [6.07, 6.45) is 9.38. The number of carboxylic acid groups (broad SMARTS) is 1. The van der Waals surface area contributed by atoms with Gasteiger partial charge in [-0.15, -0.1) is 0 Å². The van der Waals surface area contributed by atoms with Crippen molar-refractivity contribution in [2.24, 2.45) is 0 Å². The third-order valence-corrected chi connectivity index (χ3v) is 6.01. The van der Waals surface area contributed by atoms with Crippen LogP contribution < -0.4 is 0 Å². The minimum atomic E-state index is -0.809. The van der Waals surface area contributed by atoms with Gasteiger partial charge in [-0.1, -0.05) is 17.7 Å². The van der Waals surface area contributed by atoms with Crippen molar-refractivity contribution in [3.63, 3.8) is 0 Å². The molecule has 3 aliphatic rings. The first-order valence-electron chi connectivity index (χ1n) is 9.35. The van der Waals surface area contributed by atoms with E-state index in [1.807, 2.05) is 6.08 Å². The Morgan fingerprint density at radius 2 is 2.00 bits per heavy atom. The van der Waals surface area contributed by atoms with Gasteiger partial charge in [0.2, 0.25) is 0 Å². The highest BCUT2D eigenvalue weighted by Gasteiger charge is 2.50. The Balaban J connectivity index is 1.87. The third kappa shape index (κ3) is 3.90. The van der Waals surface area contributed by atoms with E-state index in [1.54, 1.807) is 0 Å². The molecule has 1 fully saturated rings. The van der Waals surface area contributed by atoms with Gasteiger partial charge in [-0.2, -0.15) is 0 Å². The zero-order chi connectivity index (χ0) is 18.2. The lowest BCUT2D eigenvalue weighted by molar-refractivity contribution is -0.132. The molecule has 0 aromatic heterocycles. The predicted octanol–water partition coefficient (Wildman–Crippen LogP) is 4.56.